The standard InChI is InChI=1S/C10H12F3NO5S/c11-10(12,13)19-8-2-1-3-9(4-8)20(17,18)14-7(5-15)6-16/h1-4,7,14-16H,5-6H2. The van der Waals surface area contributed by atoms with Crippen molar-refractivity contribution in [1.82, 2.24) is 4.72 Å². The summed E-state index contributed by atoms with van der Waals surface area (Å²) >= 11 is 0. The summed E-state index contributed by atoms with van der Waals surface area (Å²) in [5.74, 6) is -0.690. The van der Waals surface area contributed by atoms with Crippen molar-refractivity contribution in [3.05, 3.63) is 24.3 Å². The third-order valence-electron chi connectivity index (χ3n) is 2.11. The molecule has 0 spiro atoms. The van der Waals surface area contributed by atoms with Crippen LogP contribution < -0.4 is 9.46 Å². The lowest BCUT2D eigenvalue weighted by atomic mass is 10.3. The van der Waals surface area contributed by atoms with E-state index in [1.54, 1.807) is 0 Å². The van der Waals surface area contributed by atoms with Gasteiger partial charge in [-0.15, -0.1) is 13.2 Å². The van der Waals surface area contributed by atoms with E-state index in [1.807, 2.05) is 4.72 Å². The van der Waals surface area contributed by atoms with Crippen molar-refractivity contribution in [1.29, 1.82) is 0 Å². The maximum Gasteiger partial charge on any atom is 0.573 e. The number of halogens is 3. The molecule has 0 bridgehead atoms. The highest BCUT2D eigenvalue weighted by molar-refractivity contribution is 7.89. The number of sulfonamides is 1. The topological polar surface area (TPSA) is 95.9 Å². The Bertz CT molecular complexity index is 542. The minimum atomic E-state index is -4.94. The number of alkyl halides is 3. The zero-order valence-electron chi connectivity index (χ0n) is 9.96. The van der Waals surface area contributed by atoms with E-state index in [2.05, 4.69) is 4.74 Å². The van der Waals surface area contributed by atoms with Crippen molar-refractivity contribution in [3.8, 4) is 5.75 Å². The molecule has 1 rings (SSSR count). The average molecular weight is 315 g/mol. The Morgan fingerprint density at radius 2 is 1.85 bits per heavy atom. The van der Waals surface area contributed by atoms with Crippen molar-refractivity contribution in [2.24, 2.45) is 0 Å². The highest BCUT2D eigenvalue weighted by Crippen LogP contribution is 2.24. The molecule has 0 saturated carbocycles. The monoisotopic (exact) mass is 315 g/mol. The maximum atomic E-state index is 12.0. The average Bonchev–Trinajstić information content (AvgIpc) is 2.34. The minimum Gasteiger partial charge on any atom is -0.406 e. The first-order valence-electron chi connectivity index (χ1n) is 5.28. The van der Waals surface area contributed by atoms with Gasteiger partial charge in [0.1, 0.15) is 5.75 Å². The van der Waals surface area contributed by atoms with E-state index in [-0.39, 0.29) is 0 Å². The highest BCUT2D eigenvalue weighted by atomic mass is 32.2. The Hall–Kier alpha value is -1.36. The lowest BCUT2D eigenvalue weighted by molar-refractivity contribution is -0.274. The molecule has 3 N–H and O–H groups in total. The van der Waals surface area contributed by atoms with Gasteiger partial charge in [-0.2, -0.15) is 0 Å². The van der Waals surface area contributed by atoms with Gasteiger partial charge in [-0.25, -0.2) is 13.1 Å². The molecule has 1 aromatic carbocycles. The molecule has 10 heteroatoms. The molecule has 20 heavy (non-hydrogen) atoms. The molecule has 0 aliphatic carbocycles. The van der Waals surface area contributed by atoms with Gasteiger partial charge in [0.05, 0.1) is 24.2 Å². The normalized spacial score (nSPS) is 12.7. The minimum absolute atomic E-state index is 0.480. The first-order valence-corrected chi connectivity index (χ1v) is 6.76. The second kappa shape index (κ2) is 6.39. The Labute approximate surface area is 112 Å². The SMILES string of the molecule is O=S(=O)(NC(CO)CO)c1cccc(OC(F)(F)F)c1. The Morgan fingerprint density at radius 1 is 1.25 bits per heavy atom. The molecule has 1 aromatic rings. The van der Waals surface area contributed by atoms with E-state index in [0.717, 1.165) is 18.2 Å². The van der Waals surface area contributed by atoms with Gasteiger partial charge in [0.2, 0.25) is 10.0 Å². The first kappa shape index (κ1) is 16.7. The van der Waals surface area contributed by atoms with Crippen molar-refractivity contribution >= 4 is 10.0 Å². The molecule has 0 aliphatic rings. The van der Waals surface area contributed by atoms with Crippen LogP contribution in [0.25, 0.3) is 0 Å². The van der Waals surface area contributed by atoms with E-state index in [0.29, 0.717) is 6.07 Å². The van der Waals surface area contributed by atoms with Gasteiger partial charge in [0.25, 0.3) is 0 Å². The zero-order chi connectivity index (χ0) is 15.4. The van der Waals surface area contributed by atoms with Gasteiger partial charge in [0.15, 0.2) is 0 Å². The summed E-state index contributed by atoms with van der Waals surface area (Å²) in [4.78, 5) is -0.480. The predicted octanol–water partition coefficient (Wildman–Crippen LogP) is 0.217. The van der Waals surface area contributed by atoms with Crippen LogP contribution in [0.15, 0.2) is 29.2 Å². The smallest absolute Gasteiger partial charge is 0.406 e. The van der Waals surface area contributed by atoms with Crippen LogP contribution in [0.5, 0.6) is 5.75 Å². The van der Waals surface area contributed by atoms with Gasteiger partial charge in [-0.1, -0.05) is 6.07 Å². The third kappa shape index (κ3) is 4.96. The van der Waals surface area contributed by atoms with Crippen LogP contribution >= 0.6 is 0 Å². The summed E-state index contributed by atoms with van der Waals surface area (Å²) < 4.78 is 65.3. The molecule has 0 radical (unpaired) electrons. The van der Waals surface area contributed by atoms with E-state index in [4.69, 9.17) is 10.2 Å². The highest BCUT2D eigenvalue weighted by Gasteiger charge is 2.31. The number of nitrogens with one attached hydrogen (secondary N) is 1. The maximum absolute atomic E-state index is 12.0. The molecule has 0 aliphatic heterocycles. The number of benzene rings is 1. The van der Waals surface area contributed by atoms with Gasteiger partial charge < -0.3 is 14.9 Å². The summed E-state index contributed by atoms with van der Waals surface area (Å²) in [6, 6.07) is 2.61. The van der Waals surface area contributed by atoms with Crippen LogP contribution in [-0.4, -0.2) is 44.2 Å². The fourth-order valence-electron chi connectivity index (χ4n) is 1.26. The fourth-order valence-corrected chi connectivity index (χ4v) is 2.51. The lowest BCUT2D eigenvalue weighted by Gasteiger charge is -2.14. The summed E-state index contributed by atoms with van der Waals surface area (Å²) in [5.41, 5.74) is 0. The molecular formula is C10H12F3NO5S. The van der Waals surface area contributed by atoms with E-state index in [9.17, 15) is 21.6 Å². The van der Waals surface area contributed by atoms with Crippen molar-refractivity contribution < 1.29 is 36.5 Å². The molecule has 0 aromatic heterocycles. The van der Waals surface area contributed by atoms with Crippen molar-refractivity contribution in [2.75, 3.05) is 13.2 Å². The van der Waals surface area contributed by atoms with Gasteiger partial charge in [-0.05, 0) is 12.1 Å². The van der Waals surface area contributed by atoms with Crippen molar-refractivity contribution in [3.63, 3.8) is 0 Å². The summed E-state index contributed by atoms with van der Waals surface area (Å²) in [6.07, 6.45) is -4.94. The van der Waals surface area contributed by atoms with Crippen molar-refractivity contribution in [2.45, 2.75) is 17.3 Å². The van der Waals surface area contributed by atoms with Crippen LogP contribution in [0.2, 0.25) is 0 Å². The quantitative estimate of drug-likeness (QED) is 0.698. The molecule has 0 saturated heterocycles. The number of aliphatic hydroxyl groups excluding tert-OH is 2. The number of ether oxygens (including phenoxy) is 1. The fraction of sp³-hybridized carbons (Fsp3) is 0.400. The molecule has 6 nitrogen and oxygen atoms in total. The van der Waals surface area contributed by atoms with Crippen LogP contribution in [0.3, 0.4) is 0 Å². The number of hydrogen-bond acceptors (Lipinski definition) is 5. The Kier molecular flexibility index (Phi) is 5.34. The number of rotatable bonds is 6. The molecule has 0 unspecified atom stereocenters. The van der Waals surface area contributed by atoms with Crippen LogP contribution in [-0.2, 0) is 10.0 Å². The zero-order valence-corrected chi connectivity index (χ0v) is 10.8. The molecule has 0 fully saturated rings. The van der Waals surface area contributed by atoms with E-state index < -0.39 is 46.3 Å². The molecular weight excluding hydrogens is 303 g/mol. The summed E-state index contributed by atoms with van der Waals surface area (Å²) in [7, 11) is -4.18. The van der Waals surface area contributed by atoms with Crippen LogP contribution in [0, 0.1) is 0 Å². The Balaban J connectivity index is 2.98. The molecule has 0 atom stereocenters. The van der Waals surface area contributed by atoms with E-state index in [1.165, 1.54) is 0 Å². The Morgan fingerprint density at radius 3 is 2.35 bits per heavy atom. The second-order valence-corrected chi connectivity index (χ2v) is 5.42. The van der Waals surface area contributed by atoms with Crippen LogP contribution in [0.1, 0.15) is 0 Å². The third-order valence-corrected chi connectivity index (χ3v) is 3.63. The predicted molar refractivity (Wildman–Crippen MR) is 61.4 cm³/mol. The largest absolute Gasteiger partial charge is 0.573 e. The first-order chi connectivity index (χ1) is 9.18. The molecule has 0 amide bonds. The summed E-state index contributed by atoms with van der Waals surface area (Å²) in [5, 5.41) is 17.6. The number of aliphatic hydroxyl groups is 2. The second-order valence-electron chi connectivity index (χ2n) is 3.71. The molecule has 114 valence electrons. The molecule has 0 heterocycles. The van der Waals surface area contributed by atoms with E-state index >= 15 is 0 Å². The number of hydrogen-bond donors (Lipinski definition) is 3. The summed E-state index contributed by atoms with van der Waals surface area (Å²) in [6.45, 7) is -1.32. The van der Waals surface area contributed by atoms with Crippen LogP contribution in [0.4, 0.5) is 13.2 Å². The van der Waals surface area contributed by atoms with Gasteiger partial charge in [0, 0.05) is 6.07 Å². The van der Waals surface area contributed by atoms with Gasteiger partial charge in [-0.3, -0.25) is 0 Å². The lowest BCUT2D eigenvalue weighted by Crippen LogP contribution is -2.40. The van der Waals surface area contributed by atoms with Gasteiger partial charge >= 0.3 is 6.36 Å².